The van der Waals surface area contributed by atoms with E-state index < -0.39 is 59.7 Å². The second-order valence-electron chi connectivity index (χ2n) is 6.13. The van der Waals surface area contributed by atoms with Crippen LogP contribution in [0.15, 0.2) is 0 Å². The molecule has 0 aromatic carbocycles. The molecule has 2 amide bonds. The minimum absolute atomic E-state index is 0.0864. The smallest absolute Gasteiger partial charge is 0.459 e. The molecule has 1 aliphatic heterocycles. The van der Waals surface area contributed by atoms with Crippen LogP contribution in [0.25, 0.3) is 0 Å². The maximum atomic E-state index is 13.7. The number of carbonyl (C=O) groups excluding carboxylic acids is 2. The number of imidazole rings is 1. The van der Waals surface area contributed by atoms with Crippen molar-refractivity contribution in [1.29, 1.82) is 0 Å². The van der Waals surface area contributed by atoms with Crippen LogP contribution < -0.4 is 11.5 Å². The van der Waals surface area contributed by atoms with Gasteiger partial charge in [0.25, 0.3) is 0 Å². The van der Waals surface area contributed by atoms with Gasteiger partial charge in [-0.1, -0.05) is 0 Å². The molecule has 0 saturated heterocycles. The molecule has 1 aromatic rings. The molecule has 2 heterocycles. The van der Waals surface area contributed by atoms with Crippen molar-refractivity contribution < 1.29 is 41.4 Å². The van der Waals surface area contributed by atoms with Crippen LogP contribution in [-0.4, -0.2) is 56.1 Å². The van der Waals surface area contributed by atoms with E-state index in [4.69, 9.17) is 16.6 Å². The lowest BCUT2D eigenvalue weighted by Crippen LogP contribution is -2.47. The van der Waals surface area contributed by atoms with E-state index in [1.807, 2.05) is 0 Å². The normalized spacial score (nSPS) is 15.9. The van der Waals surface area contributed by atoms with E-state index in [1.54, 1.807) is 0 Å². The van der Waals surface area contributed by atoms with E-state index >= 15 is 0 Å². The third-order valence-electron chi connectivity index (χ3n) is 4.16. The summed E-state index contributed by atoms with van der Waals surface area (Å²) in [5, 5.41) is 9.12. The number of aromatic carboxylic acids is 1. The van der Waals surface area contributed by atoms with E-state index in [0.717, 1.165) is 4.90 Å². The Morgan fingerprint density at radius 3 is 2.29 bits per heavy atom. The molecule has 0 aliphatic carbocycles. The number of carboxylic acids is 1. The number of nitrogens with zero attached hydrogens (tertiary/aromatic N) is 3. The zero-order valence-corrected chi connectivity index (χ0v) is 14.2. The van der Waals surface area contributed by atoms with Gasteiger partial charge >= 0.3 is 18.1 Å². The summed E-state index contributed by atoms with van der Waals surface area (Å²) in [7, 11) is 0. The molecule has 9 nitrogen and oxygen atoms in total. The van der Waals surface area contributed by atoms with Crippen LogP contribution in [0.5, 0.6) is 0 Å². The fourth-order valence-electron chi connectivity index (χ4n) is 2.75. The number of alkyl halides is 5. The number of primary amides is 1. The van der Waals surface area contributed by atoms with Gasteiger partial charge in [-0.25, -0.2) is 9.78 Å². The summed E-state index contributed by atoms with van der Waals surface area (Å²) in [5.41, 5.74) is 7.37. The Morgan fingerprint density at radius 1 is 1.18 bits per heavy atom. The van der Waals surface area contributed by atoms with Gasteiger partial charge < -0.3 is 26.0 Å². The Balaban J connectivity index is 2.33. The van der Waals surface area contributed by atoms with E-state index in [9.17, 15) is 36.3 Å². The first-order chi connectivity index (χ1) is 12.8. The fourth-order valence-corrected chi connectivity index (χ4v) is 2.75. The van der Waals surface area contributed by atoms with Crippen molar-refractivity contribution in [3.8, 4) is 0 Å². The number of amides is 2. The SMILES string of the molecule is NC(=O)CC[C@H](N)C(=O)N1CCn2c(nc(C(F)(F)C(F)(F)F)c2C(=O)O)C1. The molecule has 5 N–H and O–H groups in total. The maximum absolute atomic E-state index is 13.7. The number of aromatic nitrogens is 2. The molecule has 0 radical (unpaired) electrons. The molecule has 1 aliphatic rings. The highest BCUT2D eigenvalue weighted by molar-refractivity contribution is 5.88. The monoisotopic (exact) mass is 413 g/mol. The summed E-state index contributed by atoms with van der Waals surface area (Å²) in [6.07, 6.45) is -6.31. The summed E-state index contributed by atoms with van der Waals surface area (Å²) in [5.74, 6) is -9.33. The van der Waals surface area contributed by atoms with Gasteiger partial charge in [-0.05, 0) is 6.42 Å². The van der Waals surface area contributed by atoms with Gasteiger partial charge in [-0.15, -0.1) is 0 Å². The third kappa shape index (κ3) is 3.90. The lowest BCUT2D eigenvalue weighted by Gasteiger charge is -2.30. The third-order valence-corrected chi connectivity index (χ3v) is 4.16. The summed E-state index contributed by atoms with van der Waals surface area (Å²) in [4.78, 5) is 38.5. The van der Waals surface area contributed by atoms with Crippen LogP contribution in [0.3, 0.4) is 0 Å². The van der Waals surface area contributed by atoms with Crippen molar-refractivity contribution >= 4 is 17.8 Å². The number of hydrogen-bond acceptors (Lipinski definition) is 5. The first kappa shape index (κ1) is 21.5. The van der Waals surface area contributed by atoms with Crippen molar-refractivity contribution in [2.24, 2.45) is 11.5 Å². The first-order valence-corrected chi connectivity index (χ1v) is 7.87. The molecular formula is C14H16F5N5O4. The Bertz CT molecular complexity index is 807. The average molecular weight is 413 g/mol. The Hall–Kier alpha value is -2.77. The average Bonchev–Trinajstić information content (AvgIpc) is 2.97. The number of hydrogen-bond donors (Lipinski definition) is 3. The fraction of sp³-hybridized carbons (Fsp3) is 0.571. The quantitative estimate of drug-likeness (QED) is 0.567. The van der Waals surface area contributed by atoms with Gasteiger partial charge in [0.05, 0.1) is 12.6 Å². The number of nitrogens with two attached hydrogens (primary N) is 2. The van der Waals surface area contributed by atoms with Crippen LogP contribution >= 0.6 is 0 Å². The highest BCUT2D eigenvalue weighted by Gasteiger charge is 2.62. The number of carboxylic acid groups (broad SMARTS) is 1. The number of halogens is 5. The Labute approximate surface area is 154 Å². The predicted molar refractivity (Wildman–Crippen MR) is 81.0 cm³/mol. The lowest BCUT2D eigenvalue weighted by atomic mass is 10.1. The molecule has 0 fully saturated rings. The minimum Gasteiger partial charge on any atom is -0.477 e. The first-order valence-electron chi connectivity index (χ1n) is 7.87. The van der Waals surface area contributed by atoms with Crippen molar-refractivity contribution in [3.05, 3.63) is 17.2 Å². The topological polar surface area (TPSA) is 145 Å². The largest absolute Gasteiger partial charge is 0.477 e. The molecule has 1 aromatic heterocycles. The number of carbonyl (C=O) groups is 3. The van der Waals surface area contributed by atoms with Crippen LogP contribution in [0, 0.1) is 0 Å². The molecule has 2 rings (SSSR count). The molecule has 156 valence electrons. The molecule has 0 saturated carbocycles. The van der Waals surface area contributed by atoms with Crippen LogP contribution in [0.4, 0.5) is 22.0 Å². The Morgan fingerprint density at radius 2 is 1.79 bits per heavy atom. The number of rotatable bonds is 6. The number of fused-ring (bicyclic) bond motifs is 1. The van der Waals surface area contributed by atoms with Crippen molar-refractivity contribution in [1.82, 2.24) is 14.5 Å². The lowest BCUT2D eigenvalue weighted by molar-refractivity contribution is -0.291. The minimum atomic E-state index is -6.05. The maximum Gasteiger partial charge on any atom is 0.459 e. The zero-order chi connectivity index (χ0) is 21.4. The highest BCUT2D eigenvalue weighted by Crippen LogP contribution is 2.45. The van der Waals surface area contributed by atoms with Gasteiger partial charge in [0.15, 0.2) is 11.4 Å². The summed E-state index contributed by atoms with van der Waals surface area (Å²) in [6.45, 7) is -1.08. The van der Waals surface area contributed by atoms with Crippen molar-refractivity contribution in [2.45, 2.75) is 44.1 Å². The molecule has 0 bridgehead atoms. The van der Waals surface area contributed by atoms with E-state index in [1.165, 1.54) is 0 Å². The molecular weight excluding hydrogens is 397 g/mol. The Kier molecular flexibility index (Phi) is 5.64. The molecule has 14 heteroatoms. The molecule has 0 spiro atoms. The molecule has 1 atom stereocenters. The van der Waals surface area contributed by atoms with Gasteiger partial charge in [-0.2, -0.15) is 22.0 Å². The molecule has 0 unspecified atom stereocenters. The van der Waals surface area contributed by atoms with Crippen molar-refractivity contribution in [2.75, 3.05) is 6.54 Å². The van der Waals surface area contributed by atoms with Gasteiger partial charge in [0.1, 0.15) is 5.82 Å². The van der Waals surface area contributed by atoms with E-state index in [-0.39, 0.29) is 25.9 Å². The van der Waals surface area contributed by atoms with Crippen molar-refractivity contribution in [3.63, 3.8) is 0 Å². The summed E-state index contributed by atoms with van der Waals surface area (Å²) >= 11 is 0. The highest BCUT2D eigenvalue weighted by atomic mass is 19.4. The van der Waals surface area contributed by atoms with E-state index in [2.05, 4.69) is 4.98 Å². The van der Waals surface area contributed by atoms with Gasteiger partial charge in [0, 0.05) is 19.5 Å². The predicted octanol–water partition coefficient (Wildman–Crippen LogP) is 0.170. The summed E-state index contributed by atoms with van der Waals surface area (Å²) < 4.78 is 66.2. The molecule has 28 heavy (non-hydrogen) atoms. The van der Waals surface area contributed by atoms with Gasteiger partial charge in [0.2, 0.25) is 11.8 Å². The standard InChI is InChI=1S/C14H16F5N5O4/c15-13(16,14(17,18)19)10-9(12(27)28)24-4-3-23(5-8(24)22-10)11(26)6(20)1-2-7(21)25/h6H,1-5,20H2,(H2,21,25)(H,27,28)/t6-/m0/s1. The zero-order valence-electron chi connectivity index (χ0n) is 14.2. The van der Waals surface area contributed by atoms with Crippen LogP contribution in [0.1, 0.15) is 34.8 Å². The summed E-state index contributed by atoms with van der Waals surface area (Å²) in [6, 6.07) is -1.15. The van der Waals surface area contributed by atoms with E-state index in [0.29, 0.717) is 4.57 Å². The van der Waals surface area contributed by atoms with Crippen LogP contribution in [-0.2, 0) is 28.6 Å². The second kappa shape index (κ2) is 7.33. The second-order valence-corrected chi connectivity index (χ2v) is 6.13. The van der Waals surface area contributed by atoms with Crippen LogP contribution in [0.2, 0.25) is 0 Å². The van der Waals surface area contributed by atoms with Gasteiger partial charge in [-0.3, -0.25) is 9.59 Å².